The van der Waals surface area contributed by atoms with E-state index in [4.69, 9.17) is 0 Å². The Morgan fingerprint density at radius 3 is 3.00 bits per heavy atom. The van der Waals surface area contributed by atoms with Crippen molar-refractivity contribution < 1.29 is 8.78 Å². The second-order valence-electron chi connectivity index (χ2n) is 4.03. The molecule has 1 N–H and O–H groups in total. The Morgan fingerprint density at radius 1 is 1.43 bits per heavy atom. The molecule has 0 bridgehead atoms. The Hall–Kier alpha value is -1.12. The van der Waals surface area contributed by atoms with Crippen LogP contribution in [0.3, 0.4) is 0 Å². The summed E-state index contributed by atoms with van der Waals surface area (Å²) in [7, 11) is 0. The molecule has 0 aliphatic carbocycles. The second-order valence-corrected chi connectivity index (χ2v) is 4.03. The van der Waals surface area contributed by atoms with Crippen LogP contribution in [0.25, 0.3) is 0 Å². The molecular weight excluding hydrogens is 184 g/mol. The van der Waals surface area contributed by atoms with Crippen molar-refractivity contribution in [3.05, 3.63) is 29.6 Å². The molecule has 3 heteroatoms. The average molecular weight is 197 g/mol. The summed E-state index contributed by atoms with van der Waals surface area (Å²) in [6, 6.07) is 4.81. The lowest BCUT2D eigenvalue weighted by Crippen LogP contribution is -2.22. The van der Waals surface area contributed by atoms with Crippen molar-refractivity contribution in [2.45, 2.75) is 25.4 Å². The molecule has 0 fully saturated rings. The molecule has 0 radical (unpaired) electrons. The van der Waals surface area contributed by atoms with Crippen molar-refractivity contribution >= 4 is 5.69 Å². The SMILES string of the molecule is CC1(F)CCNc2cccc(F)c2C1. The molecule has 0 aromatic heterocycles. The molecule has 1 aromatic rings. The Kier molecular flexibility index (Phi) is 2.17. The minimum absolute atomic E-state index is 0.155. The minimum Gasteiger partial charge on any atom is -0.385 e. The average Bonchev–Trinajstić information content (AvgIpc) is 2.24. The maximum absolute atomic E-state index is 13.8. The van der Waals surface area contributed by atoms with Crippen molar-refractivity contribution in [1.82, 2.24) is 0 Å². The van der Waals surface area contributed by atoms with E-state index in [0.29, 0.717) is 18.5 Å². The van der Waals surface area contributed by atoms with Crippen molar-refractivity contribution in [2.75, 3.05) is 11.9 Å². The largest absolute Gasteiger partial charge is 0.385 e. The van der Waals surface area contributed by atoms with Gasteiger partial charge in [-0.25, -0.2) is 8.78 Å². The van der Waals surface area contributed by atoms with Gasteiger partial charge in [0.05, 0.1) is 0 Å². The van der Waals surface area contributed by atoms with E-state index >= 15 is 0 Å². The maximum Gasteiger partial charge on any atom is 0.128 e. The highest BCUT2D eigenvalue weighted by Crippen LogP contribution is 2.31. The summed E-state index contributed by atoms with van der Waals surface area (Å²) < 4.78 is 27.2. The van der Waals surface area contributed by atoms with E-state index in [9.17, 15) is 8.78 Å². The lowest BCUT2D eigenvalue weighted by Gasteiger charge is -2.17. The molecule has 1 aromatic carbocycles. The summed E-state index contributed by atoms with van der Waals surface area (Å²) in [5.74, 6) is -0.319. The molecular formula is C11H13F2N. The van der Waals surface area contributed by atoms with Gasteiger partial charge in [0.15, 0.2) is 0 Å². The molecule has 0 saturated carbocycles. The Labute approximate surface area is 82.1 Å². The molecule has 1 aliphatic rings. The van der Waals surface area contributed by atoms with Gasteiger partial charge in [-0.2, -0.15) is 0 Å². The summed E-state index contributed by atoms with van der Waals surface area (Å²) in [6.45, 7) is 2.08. The molecule has 1 aliphatic heterocycles. The number of rotatable bonds is 0. The van der Waals surface area contributed by atoms with Gasteiger partial charge in [0.25, 0.3) is 0 Å². The van der Waals surface area contributed by atoms with Crippen molar-refractivity contribution in [2.24, 2.45) is 0 Å². The summed E-state index contributed by atoms with van der Waals surface area (Å²) in [6.07, 6.45) is 0.573. The van der Waals surface area contributed by atoms with Crippen LogP contribution in [0.5, 0.6) is 0 Å². The summed E-state index contributed by atoms with van der Waals surface area (Å²) >= 11 is 0. The van der Waals surface area contributed by atoms with E-state index in [0.717, 1.165) is 5.69 Å². The minimum atomic E-state index is -1.31. The van der Waals surface area contributed by atoms with E-state index < -0.39 is 5.67 Å². The number of alkyl halides is 1. The zero-order chi connectivity index (χ0) is 10.2. The number of anilines is 1. The van der Waals surface area contributed by atoms with E-state index in [1.54, 1.807) is 12.1 Å². The number of benzene rings is 1. The first-order valence-electron chi connectivity index (χ1n) is 4.79. The van der Waals surface area contributed by atoms with Gasteiger partial charge >= 0.3 is 0 Å². The van der Waals surface area contributed by atoms with E-state index in [2.05, 4.69) is 5.32 Å². The monoisotopic (exact) mass is 197 g/mol. The van der Waals surface area contributed by atoms with Crippen molar-refractivity contribution in [3.63, 3.8) is 0 Å². The standard InChI is InChI=1S/C11H13F2N/c1-11(13)5-6-14-10-4-2-3-9(12)8(10)7-11/h2-4,14H,5-7H2,1H3. The summed E-state index contributed by atoms with van der Waals surface area (Å²) in [5, 5.41) is 3.04. The van der Waals surface area contributed by atoms with Crippen LogP contribution in [0.15, 0.2) is 18.2 Å². The zero-order valence-corrected chi connectivity index (χ0v) is 8.11. The number of hydrogen-bond donors (Lipinski definition) is 1. The van der Waals surface area contributed by atoms with E-state index in [-0.39, 0.29) is 12.2 Å². The van der Waals surface area contributed by atoms with Gasteiger partial charge in [-0.05, 0) is 25.5 Å². The number of hydrogen-bond acceptors (Lipinski definition) is 1. The van der Waals surface area contributed by atoms with Gasteiger partial charge in [-0.1, -0.05) is 6.07 Å². The zero-order valence-electron chi connectivity index (χ0n) is 8.11. The fourth-order valence-corrected chi connectivity index (χ4v) is 1.82. The van der Waals surface area contributed by atoms with Crippen LogP contribution in [-0.4, -0.2) is 12.2 Å². The Morgan fingerprint density at radius 2 is 2.21 bits per heavy atom. The predicted molar refractivity (Wildman–Crippen MR) is 52.7 cm³/mol. The van der Waals surface area contributed by atoms with Gasteiger partial charge in [0.2, 0.25) is 0 Å². The van der Waals surface area contributed by atoms with Crippen LogP contribution in [0.2, 0.25) is 0 Å². The van der Waals surface area contributed by atoms with Crippen LogP contribution >= 0.6 is 0 Å². The highest BCUT2D eigenvalue weighted by atomic mass is 19.1. The van der Waals surface area contributed by atoms with Gasteiger partial charge in [-0.3, -0.25) is 0 Å². The number of halogens is 2. The second kappa shape index (κ2) is 3.23. The molecule has 1 nitrogen and oxygen atoms in total. The number of fused-ring (bicyclic) bond motifs is 1. The van der Waals surface area contributed by atoms with Crippen LogP contribution in [0.4, 0.5) is 14.5 Å². The smallest absolute Gasteiger partial charge is 0.128 e. The maximum atomic E-state index is 13.8. The first-order chi connectivity index (χ1) is 6.58. The highest BCUT2D eigenvalue weighted by molar-refractivity contribution is 5.53. The molecule has 1 heterocycles. The molecule has 0 saturated heterocycles. The topological polar surface area (TPSA) is 12.0 Å². The van der Waals surface area contributed by atoms with Crippen LogP contribution in [0.1, 0.15) is 18.9 Å². The molecule has 1 atom stereocenters. The van der Waals surface area contributed by atoms with Crippen LogP contribution in [-0.2, 0) is 6.42 Å². The van der Waals surface area contributed by atoms with Gasteiger partial charge in [0.1, 0.15) is 11.5 Å². The van der Waals surface area contributed by atoms with E-state index in [1.807, 2.05) is 0 Å². The fourth-order valence-electron chi connectivity index (χ4n) is 1.82. The van der Waals surface area contributed by atoms with Gasteiger partial charge < -0.3 is 5.32 Å². The third-order valence-corrected chi connectivity index (χ3v) is 2.63. The van der Waals surface area contributed by atoms with Gasteiger partial charge in [-0.15, -0.1) is 0 Å². The van der Waals surface area contributed by atoms with Gasteiger partial charge in [0, 0.05) is 24.2 Å². The lowest BCUT2D eigenvalue weighted by molar-refractivity contribution is 0.181. The summed E-state index contributed by atoms with van der Waals surface area (Å²) in [5.41, 5.74) is -0.109. The normalized spacial score (nSPS) is 26.2. The molecule has 0 amide bonds. The lowest BCUT2D eigenvalue weighted by atomic mass is 9.95. The quantitative estimate of drug-likeness (QED) is 0.674. The molecule has 14 heavy (non-hydrogen) atoms. The third-order valence-electron chi connectivity index (χ3n) is 2.63. The molecule has 2 rings (SSSR count). The third kappa shape index (κ3) is 1.72. The number of nitrogens with one attached hydrogen (secondary N) is 1. The first kappa shape index (κ1) is 9.44. The predicted octanol–water partition coefficient (Wildman–Crippen LogP) is 2.91. The molecule has 1 unspecified atom stereocenters. The summed E-state index contributed by atoms with van der Waals surface area (Å²) in [4.78, 5) is 0. The Balaban J connectivity index is 2.43. The van der Waals surface area contributed by atoms with Crippen LogP contribution < -0.4 is 5.32 Å². The van der Waals surface area contributed by atoms with E-state index in [1.165, 1.54) is 13.0 Å². The molecule has 76 valence electrons. The van der Waals surface area contributed by atoms with Crippen molar-refractivity contribution in [3.8, 4) is 0 Å². The Bertz CT molecular complexity index is 347. The van der Waals surface area contributed by atoms with Crippen molar-refractivity contribution in [1.29, 1.82) is 0 Å². The molecule has 0 spiro atoms. The first-order valence-corrected chi connectivity index (χ1v) is 4.79. The fraction of sp³-hybridized carbons (Fsp3) is 0.455. The highest BCUT2D eigenvalue weighted by Gasteiger charge is 2.28. The van der Waals surface area contributed by atoms with Crippen LogP contribution in [0, 0.1) is 5.82 Å².